The van der Waals surface area contributed by atoms with Crippen molar-refractivity contribution in [2.45, 2.75) is 26.1 Å². The largest absolute Gasteiger partial charge is 0.251 e. The second kappa shape index (κ2) is 6.40. The van der Waals surface area contributed by atoms with Gasteiger partial charge in [-0.1, -0.05) is 20.7 Å². The van der Waals surface area contributed by atoms with Gasteiger partial charge in [-0.3, -0.25) is 4.98 Å². The molecule has 0 unspecified atom stereocenters. The third-order valence-corrected chi connectivity index (χ3v) is 4.20. The van der Waals surface area contributed by atoms with Crippen LogP contribution in [-0.2, 0) is 5.41 Å². The molecule has 0 atom stereocenters. The predicted octanol–water partition coefficient (Wildman–Crippen LogP) is 4.57. The number of nitrogens with zero attached hydrogens (tertiary/aromatic N) is 5. The number of imidazole rings is 1. The number of hydrogen-bond donors (Lipinski definition) is 0. The number of hydrogen-bond acceptors (Lipinski definition) is 4. The van der Waals surface area contributed by atoms with E-state index in [-0.39, 0.29) is 22.7 Å². The summed E-state index contributed by atoms with van der Waals surface area (Å²) in [6.07, 6.45) is 3.58. The number of halogens is 3. The first-order valence-corrected chi connectivity index (χ1v) is 8.31. The summed E-state index contributed by atoms with van der Waals surface area (Å²) in [4.78, 5) is 12.2. The third kappa shape index (κ3) is 3.11. The number of benzene rings is 1. The fourth-order valence-electron chi connectivity index (χ4n) is 2.75. The molecule has 0 saturated heterocycles. The Hall–Kier alpha value is -3.29. The van der Waals surface area contributed by atoms with Gasteiger partial charge in [-0.2, -0.15) is 9.61 Å². The Morgan fingerprint density at radius 3 is 2.57 bits per heavy atom. The molecule has 0 saturated carbocycles. The summed E-state index contributed by atoms with van der Waals surface area (Å²) in [5.41, 5.74) is -0.631. The van der Waals surface area contributed by atoms with Gasteiger partial charge < -0.3 is 0 Å². The summed E-state index contributed by atoms with van der Waals surface area (Å²) in [5.74, 6) is -2.44. The molecule has 3 aromatic heterocycles. The minimum atomic E-state index is -2.30. The van der Waals surface area contributed by atoms with Crippen molar-refractivity contribution < 1.29 is 17.3 Å². The standard InChI is InChI=1S/C20H16F3N5/c1-20(2,3)17-10-26-28-16(9-25-19(28)27-17)11-4-5-14(22)13(6-11)18-15(23)7-12(21)8-24-18/h4-10H,1-3H3/i1D3. The van der Waals surface area contributed by atoms with Crippen LogP contribution in [0.1, 0.15) is 30.5 Å². The molecule has 0 aliphatic carbocycles. The molecule has 0 radical (unpaired) electrons. The zero-order valence-corrected chi connectivity index (χ0v) is 14.9. The summed E-state index contributed by atoms with van der Waals surface area (Å²) < 4.78 is 66.2. The molecular weight excluding hydrogens is 367 g/mol. The molecule has 5 nitrogen and oxygen atoms in total. The van der Waals surface area contributed by atoms with Crippen molar-refractivity contribution in [3.05, 3.63) is 66.0 Å². The average molecular weight is 386 g/mol. The Morgan fingerprint density at radius 2 is 1.82 bits per heavy atom. The van der Waals surface area contributed by atoms with Crippen molar-refractivity contribution in [2.24, 2.45) is 0 Å². The van der Waals surface area contributed by atoms with Crippen LogP contribution in [0.2, 0.25) is 0 Å². The van der Waals surface area contributed by atoms with Gasteiger partial charge in [0.2, 0.25) is 0 Å². The summed E-state index contributed by atoms with van der Waals surface area (Å²) in [6.45, 7) is 0.787. The van der Waals surface area contributed by atoms with Crippen molar-refractivity contribution in [3.63, 3.8) is 0 Å². The van der Waals surface area contributed by atoms with E-state index >= 15 is 0 Å². The van der Waals surface area contributed by atoms with E-state index in [1.54, 1.807) is 13.8 Å². The molecule has 0 aliphatic rings. The normalized spacial score (nSPS) is 14.0. The number of fused-ring (bicyclic) bond motifs is 1. The first-order chi connectivity index (χ1) is 14.5. The lowest BCUT2D eigenvalue weighted by molar-refractivity contribution is 0.562. The van der Waals surface area contributed by atoms with Crippen LogP contribution >= 0.6 is 0 Å². The van der Waals surface area contributed by atoms with Crippen LogP contribution in [0.4, 0.5) is 13.2 Å². The molecule has 0 aliphatic heterocycles. The smallest absolute Gasteiger partial charge is 0.250 e. The lowest BCUT2D eigenvalue weighted by atomic mass is 9.93. The van der Waals surface area contributed by atoms with E-state index in [0.29, 0.717) is 17.3 Å². The molecule has 8 heteroatoms. The summed E-state index contributed by atoms with van der Waals surface area (Å²) in [7, 11) is 0. The lowest BCUT2D eigenvalue weighted by Gasteiger charge is -2.16. The molecule has 28 heavy (non-hydrogen) atoms. The zero-order valence-electron chi connectivity index (χ0n) is 17.9. The Labute approximate surface area is 163 Å². The fourth-order valence-corrected chi connectivity index (χ4v) is 2.75. The van der Waals surface area contributed by atoms with E-state index in [1.165, 1.54) is 29.0 Å². The maximum absolute atomic E-state index is 14.4. The lowest BCUT2D eigenvalue weighted by Crippen LogP contribution is -2.15. The van der Waals surface area contributed by atoms with Gasteiger partial charge in [-0.25, -0.2) is 23.1 Å². The van der Waals surface area contributed by atoms with Crippen LogP contribution in [0.3, 0.4) is 0 Å². The van der Waals surface area contributed by atoms with Crippen LogP contribution in [0, 0.1) is 17.5 Å². The van der Waals surface area contributed by atoms with Crippen LogP contribution in [0.5, 0.6) is 0 Å². The molecule has 0 bridgehead atoms. The molecule has 3 heterocycles. The highest BCUT2D eigenvalue weighted by atomic mass is 19.1. The molecule has 1 aromatic carbocycles. The maximum atomic E-state index is 14.4. The first-order valence-electron chi connectivity index (χ1n) is 9.81. The molecule has 0 amide bonds. The molecule has 0 fully saturated rings. The van der Waals surface area contributed by atoms with Crippen LogP contribution in [0.25, 0.3) is 28.3 Å². The quantitative estimate of drug-likeness (QED) is 0.506. The van der Waals surface area contributed by atoms with E-state index in [0.717, 1.165) is 12.3 Å². The highest BCUT2D eigenvalue weighted by molar-refractivity contribution is 5.71. The van der Waals surface area contributed by atoms with E-state index in [9.17, 15) is 13.2 Å². The van der Waals surface area contributed by atoms with Gasteiger partial charge in [0, 0.05) is 26.7 Å². The topological polar surface area (TPSA) is 56.0 Å². The van der Waals surface area contributed by atoms with Crippen LogP contribution in [-0.4, -0.2) is 24.6 Å². The Morgan fingerprint density at radius 1 is 1.00 bits per heavy atom. The predicted molar refractivity (Wildman–Crippen MR) is 98.0 cm³/mol. The molecule has 142 valence electrons. The van der Waals surface area contributed by atoms with Crippen molar-refractivity contribution in [1.29, 1.82) is 0 Å². The van der Waals surface area contributed by atoms with Gasteiger partial charge in [-0.05, 0) is 18.2 Å². The Balaban J connectivity index is 1.81. The molecule has 4 rings (SSSR count). The first kappa shape index (κ1) is 14.7. The van der Waals surface area contributed by atoms with Gasteiger partial charge in [0.1, 0.15) is 17.3 Å². The summed E-state index contributed by atoms with van der Waals surface area (Å²) in [6, 6.07) is 4.56. The monoisotopic (exact) mass is 386 g/mol. The number of rotatable bonds is 2. The second-order valence-corrected chi connectivity index (χ2v) is 6.80. The summed E-state index contributed by atoms with van der Waals surface area (Å²) >= 11 is 0. The molecule has 0 N–H and O–H groups in total. The van der Waals surface area contributed by atoms with Gasteiger partial charge in [0.05, 0.1) is 30.0 Å². The van der Waals surface area contributed by atoms with Crippen LogP contribution < -0.4 is 0 Å². The van der Waals surface area contributed by atoms with Gasteiger partial charge in [0.15, 0.2) is 5.82 Å². The minimum absolute atomic E-state index is 0.154. The molecule has 0 spiro atoms. The van der Waals surface area contributed by atoms with E-state index in [2.05, 4.69) is 20.1 Å². The zero-order chi connectivity index (χ0) is 22.6. The van der Waals surface area contributed by atoms with E-state index in [4.69, 9.17) is 4.11 Å². The third-order valence-electron chi connectivity index (χ3n) is 4.20. The molecular formula is C20H16F3N5. The minimum Gasteiger partial charge on any atom is -0.250 e. The van der Waals surface area contributed by atoms with Crippen molar-refractivity contribution >= 4 is 5.78 Å². The highest BCUT2D eigenvalue weighted by Crippen LogP contribution is 2.30. The van der Waals surface area contributed by atoms with Crippen molar-refractivity contribution in [1.82, 2.24) is 24.6 Å². The fraction of sp³-hybridized carbons (Fsp3) is 0.200. The van der Waals surface area contributed by atoms with Crippen LogP contribution in [0.15, 0.2) is 42.9 Å². The van der Waals surface area contributed by atoms with Gasteiger partial charge >= 0.3 is 0 Å². The van der Waals surface area contributed by atoms with E-state index < -0.39 is 29.7 Å². The Kier molecular flexibility index (Phi) is 3.37. The Bertz CT molecular complexity index is 1300. The van der Waals surface area contributed by atoms with E-state index in [1.807, 2.05) is 0 Å². The number of aromatic nitrogens is 5. The van der Waals surface area contributed by atoms with Crippen molar-refractivity contribution in [3.8, 4) is 22.5 Å². The average Bonchev–Trinajstić information content (AvgIpc) is 3.11. The SMILES string of the molecule is [2H]C([2H])([2H])C(C)(C)c1cnn2c(-c3ccc(F)c(-c4ncc(F)cc4F)c3)cnc2n1. The summed E-state index contributed by atoms with van der Waals surface area (Å²) in [5, 5.41) is 4.26. The second-order valence-electron chi connectivity index (χ2n) is 6.80. The highest BCUT2D eigenvalue weighted by Gasteiger charge is 2.19. The van der Waals surface area contributed by atoms with Crippen molar-refractivity contribution in [2.75, 3.05) is 0 Å². The van der Waals surface area contributed by atoms with Gasteiger partial charge in [0.25, 0.3) is 5.78 Å². The van der Waals surface area contributed by atoms with Gasteiger partial charge in [-0.15, -0.1) is 0 Å². The molecule has 4 aromatic rings. The number of pyridine rings is 1. The maximum Gasteiger partial charge on any atom is 0.251 e.